The van der Waals surface area contributed by atoms with Crippen molar-refractivity contribution in [3.63, 3.8) is 0 Å². The van der Waals surface area contributed by atoms with Gasteiger partial charge in [-0.2, -0.15) is 4.31 Å². The van der Waals surface area contributed by atoms with Gasteiger partial charge in [0.2, 0.25) is 10.0 Å². The summed E-state index contributed by atoms with van der Waals surface area (Å²) in [6, 6.07) is 1.83. The molecule has 1 saturated heterocycles. The topological polar surface area (TPSA) is 49.4 Å². The molecule has 2 rings (SSSR count). The van der Waals surface area contributed by atoms with Gasteiger partial charge < -0.3 is 5.32 Å². The first kappa shape index (κ1) is 15.0. The van der Waals surface area contributed by atoms with E-state index in [9.17, 15) is 8.42 Å². The third-order valence-electron chi connectivity index (χ3n) is 3.46. The second-order valence-electron chi connectivity index (χ2n) is 4.98. The Morgan fingerprint density at radius 1 is 1.26 bits per heavy atom. The molecule has 1 fully saturated rings. The van der Waals surface area contributed by atoms with Crippen LogP contribution in [0.5, 0.6) is 0 Å². The van der Waals surface area contributed by atoms with Gasteiger partial charge in [0.15, 0.2) is 0 Å². The summed E-state index contributed by atoms with van der Waals surface area (Å²) >= 11 is 1.57. The molecule has 0 amide bonds. The van der Waals surface area contributed by atoms with Crippen molar-refractivity contribution in [2.24, 2.45) is 0 Å². The largest absolute Gasteiger partial charge is 0.315 e. The maximum absolute atomic E-state index is 12.7. The smallest absolute Gasteiger partial charge is 0.244 e. The molecule has 1 aliphatic rings. The van der Waals surface area contributed by atoms with Crippen LogP contribution in [0.15, 0.2) is 11.0 Å². The molecule has 0 spiro atoms. The zero-order valence-electron chi connectivity index (χ0n) is 11.6. The quantitative estimate of drug-likeness (QED) is 0.929. The van der Waals surface area contributed by atoms with Crippen LogP contribution in [0.1, 0.15) is 35.4 Å². The number of thiophene rings is 1. The highest BCUT2D eigenvalue weighted by Gasteiger charge is 2.27. The van der Waals surface area contributed by atoms with E-state index in [4.69, 9.17) is 0 Å². The van der Waals surface area contributed by atoms with E-state index in [-0.39, 0.29) is 0 Å². The fourth-order valence-electron chi connectivity index (χ4n) is 2.46. The highest BCUT2D eigenvalue weighted by atomic mass is 32.2. The van der Waals surface area contributed by atoms with Gasteiger partial charge in [0.1, 0.15) is 0 Å². The molecule has 0 radical (unpaired) electrons. The van der Waals surface area contributed by atoms with Crippen LogP contribution in [0.25, 0.3) is 0 Å². The SMILES string of the molecule is CNCc1cc(S(=O)(=O)N2CCCCCC2)c(C)s1. The van der Waals surface area contributed by atoms with Gasteiger partial charge in [-0.1, -0.05) is 12.8 Å². The van der Waals surface area contributed by atoms with Crippen LogP contribution in [0.3, 0.4) is 0 Å². The van der Waals surface area contributed by atoms with E-state index in [0.29, 0.717) is 18.0 Å². The fraction of sp³-hybridized carbons (Fsp3) is 0.692. The number of rotatable bonds is 4. The monoisotopic (exact) mass is 302 g/mol. The Bertz CT molecular complexity index is 515. The third kappa shape index (κ3) is 3.37. The minimum absolute atomic E-state index is 0.504. The maximum atomic E-state index is 12.7. The van der Waals surface area contributed by atoms with Crippen molar-refractivity contribution in [3.05, 3.63) is 15.8 Å². The Morgan fingerprint density at radius 2 is 1.89 bits per heavy atom. The number of aryl methyl sites for hydroxylation is 1. The lowest BCUT2D eigenvalue weighted by Gasteiger charge is -2.19. The molecule has 0 atom stereocenters. The lowest BCUT2D eigenvalue weighted by molar-refractivity contribution is 0.423. The summed E-state index contributed by atoms with van der Waals surface area (Å²) in [6.07, 6.45) is 4.23. The molecular formula is C13H22N2O2S2. The van der Waals surface area contributed by atoms with E-state index in [1.165, 1.54) is 0 Å². The Labute approximate surface area is 119 Å². The van der Waals surface area contributed by atoms with Gasteiger partial charge in [0.25, 0.3) is 0 Å². The van der Waals surface area contributed by atoms with Crippen LogP contribution < -0.4 is 5.32 Å². The number of sulfonamides is 1. The van der Waals surface area contributed by atoms with Gasteiger partial charge in [0.05, 0.1) is 4.90 Å². The van der Waals surface area contributed by atoms with Crippen molar-refractivity contribution in [1.29, 1.82) is 0 Å². The molecule has 0 aromatic carbocycles. The van der Waals surface area contributed by atoms with Gasteiger partial charge >= 0.3 is 0 Å². The number of nitrogens with zero attached hydrogens (tertiary/aromatic N) is 1. The number of hydrogen-bond donors (Lipinski definition) is 1. The molecule has 0 saturated carbocycles. The summed E-state index contributed by atoms with van der Waals surface area (Å²) in [7, 11) is -1.42. The molecule has 108 valence electrons. The van der Waals surface area contributed by atoms with Crippen molar-refractivity contribution in [1.82, 2.24) is 9.62 Å². The van der Waals surface area contributed by atoms with Gasteiger partial charge in [-0.05, 0) is 32.9 Å². The van der Waals surface area contributed by atoms with Gasteiger partial charge in [-0.3, -0.25) is 0 Å². The fourth-order valence-corrected chi connectivity index (χ4v) is 5.60. The van der Waals surface area contributed by atoms with Gasteiger partial charge in [-0.25, -0.2) is 8.42 Å². The molecule has 19 heavy (non-hydrogen) atoms. The second kappa shape index (κ2) is 6.35. The Hall–Kier alpha value is -0.430. The molecule has 4 nitrogen and oxygen atoms in total. The first-order valence-corrected chi connectivity index (χ1v) is 9.05. The van der Waals surface area contributed by atoms with E-state index in [1.807, 2.05) is 20.0 Å². The molecular weight excluding hydrogens is 280 g/mol. The van der Waals surface area contributed by atoms with Crippen molar-refractivity contribution in [2.45, 2.75) is 44.0 Å². The van der Waals surface area contributed by atoms with E-state index in [0.717, 1.165) is 42.0 Å². The lowest BCUT2D eigenvalue weighted by atomic mass is 10.2. The van der Waals surface area contributed by atoms with Crippen LogP contribution in [-0.2, 0) is 16.6 Å². The van der Waals surface area contributed by atoms with E-state index >= 15 is 0 Å². The molecule has 0 unspecified atom stereocenters. The van der Waals surface area contributed by atoms with Crippen LogP contribution >= 0.6 is 11.3 Å². The summed E-state index contributed by atoms with van der Waals surface area (Å²) in [5, 5.41) is 3.07. The first-order valence-electron chi connectivity index (χ1n) is 6.80. The normalized spacial score (nSPS) is 18.4. The molecule has 0 aliphatic carbocycles. The van der Waals surface area contributed by atoms with E-state index in [1.54, 1.807) is 15.6 Å². The second-order valence-corrected chi connectivity index (χ2v) is 8.23. The summed E-state index contributed by atoms with van der Waals surface area (Å²) in [5.41, 5.74) is 0. The van der Waals surface area contributed by atoms with Crippen LogP contribution in [0.2, 0.25) is 0 Å². The average Bonchev–Trinajstić information content (AvgIpc) is 2.60. The van der Waals surface area contributed by atoms with Crippen molar-refractivity contribution >= 4 is 21.4 Å². The summed E-state index contributed by atoms with van der Waals surface area (Å²) in [5.74, 6) is 0. The summed E-state index contributed by atoms with van der Waals surface area (Å²) in [4.78, 5) is 2.48. The molecule has 1 aromatic heterocycles. The number of hydrogen-bond acceptors (Lipinski definition) is 4. The molecule has 2 heterocycles. The third-order valence-corrected chi connectivity index (χ3v) is 6.66. The van der Waals surface area contributed by atoms with Crippen LogP contribution in [0, 0.1) is 6.92 Å². The average molecular weight is 302 g/mol. The van der Waals surface area contributed by atoms with Crippen molar-refractivity contribution < 1.29 is 8.42 Å². The lowest BCUT2D eigenvalue weighted by Crippen LogP contribution is -2.32. The zero-order valence-corrected chi connectivity index (χ0v) is 13.2. The summed E-state index contributed by atoms with van der Waals surface area (Å²) in [6.45, 7) is 3.95. The van der Waals surface area contributed by atoms with E-state index < -0.39 is 10.0 Å². The first-order chi connectivity index (χ1) is 9.05. The van der Waals surface area contributed by atoms with Crippen LogP contribution in [-0.4, -0.2) is 32.9 Å². The number of nitrogens with one attached hydrogen (secondary N) is 1. The highest BCUT2D eigenvalue weighted by molar-refractivity contribution is 7.89. The standard InChI is InChI=1S/C13H22N2O2S2/c1-11-13(9-12(18-11)10-14-2)19(16,17)15-7-5-3-4-6-8-15/h9,14H,3-8,10H2,1-2H3. The predicted molar refractivity (Wildman–Crippen MR) is 79.0 cm³/mol. The van der Waals surface area contributed by atoms with E-state index in [2.05, 4.69) is 5.32 Å². The molecule has 0 bridgehead atoms. The van der Waals surface area contributed by atoms with Crippen molar-refractivity contribution in [2.75, 3.05) is 20.1 Å². The molecule has 1 aromatic rings. The Balaban J connectivity index is 2.27. The predicted octanol–water partition coefficient (Wildman–Crippen LogP) is 2.34. The van der Waals surface area contributed by atoms with Crippen LogP contribution in [0.4, 0.5) is 0 Å². The molecule has 1 N–H and O–H groups in total. The maximum Gasteiger partial charge on any atom is 0.244 e. The zero-order chi connectivity index (χ0) is 13.9. The van der Waals surface area contributed by atoms with Crippen molar-refractivity contribution in [3.8, 4) is 0 Å². The molecule has 6 heteroatoms. The Kier molecular flexibility index (Phi) is 5.00. The van der Waals surface area contributed by atoms with Gasteiger partial charge in [0, 0.05) is 29.4 Å². The molecule has 1 aliphatic heterocycles. The Morgan fingerprint density at radius 3 is 2.47 bits per heavy atom. The summed E-state index contributed by atoms with van der Waals surface area (Å²) < 4.78 is 27.0. The van der Waals surface area contributed by atoms with Gasteiger partial charge in [-0.15, -0.1) is 11.3 Å². The minimum atomic E-state index is -3.30. The minimum Gasteiger partial charge on any atom is -0.315 e. The highest BCUT2D eigenvalue weighted by Crippen LogP contribution is 2.29.